The maximum atomic E-state index is 4.74. The van der Waals surface area contributed by atoms with Crippen LogP contribution in [-0.4, -0.2) is 10.7 Å². The molecule has 0 saturated heterocycles. The van der Waals surface area contributed by atoms with E-state index in [-0.39, 0.29) is 0 Å². The van der Waals surface area contributed by atoms with E-state index in [0.717, 1.165) is 18.1 Å². The third-order valence-corrected chi connectivity index (χ3v) is 4.81. The highest BCUT2D eigenvalue weighted by molar-refractivity contribution is 7.80. The van der Waals surface area contributed by atoms with E-state index in [1.54, 1.807) is 0 Å². The van der Waals surface area contributed by atoms with Gasteiger partial charge in [0.15, 0.2) is 0 Å². The van der Waals surface area contributed by atoms with E-state index in [1.165, 1.54) is 47.7 Å². The molecule has 1 aromatic heterocycles. The summed E-state index contributed by atoms with van der Waals surface area (Å²) in [6.07, 6.45) is 8.00. The quantitative estimate of drug-likeness (QED) is 0.790. The molecule has 3 heteroatoms. The molecule has 0 aliphatic heterocycles. The molecule has 0 spiro atoms. The van der Waals surface area contributed by atoms with Gasteiger partial charge in [0.2, 0.25) is 0 Å². The van der Waals surface area contributed by atoms with Crippen molar-refractivity contribution in [2.45, 2.75) is 51.4 Å². The fraction of sp³-hybridized carbons (Fsp3) is 0.750. The predicted octanol–water partition coefficient (Wildman–Crippen LogP) is 3.97. The number of aromatic nitrogens is 1. The highest BCUT2D eigenvalue weighted by atomic mass is 32.1. The molecule has 1 fully saturated rings. The van der Waals surface area contributed by atoms with E-state index >= 15 is 0 Å². The zero-order chi connectivity index (χ0) is 10.7. The first-order valence-electron chi connectivity index (χ1n) is 5.88. The SMILES string of the molecule is Cc1nc(C2CCCCC2)sc1CCS. The van der Waals surface area contributed by atoms with Crippen molar-refractivity contribution in [2.75, 3.05) is 5.75 Å². The molecule has 0 aromatic carbocycles. The van der Waals surface area contributed by atoms with Crippen molar-refractivity contribution in [3.8, 4) is 0 Å². The first kappa shape index (κ1) is 11.5. The predicted molar refractivity (Wildman–Crippen MR) is 70.2 cm³/mol. The maximum Gasteiger partial charge on any atom is 0.0961 e. The maximum absolute atomic E-state index is 4.74. The molecular weight excluding hydrogens is 222 g/mol. The first-order valence-corrected chi connectivity index (χ1v) is 7.33. The Morgan fingerprint density at radius 3 is 2.73 bits per heavy atom. The van der Waals surface area contributed by atoms with Gasteiger partial charge in [0.05, 0.1) is 10.7 Å². The van der Waals surface area contributed by atoms with Crippen LogP contribution >= 0.6 is 24.0 Å². The molecule has 0 radical (unpaired) electrons. The normalized spacial score (nSPS) is 18.3. The van der Waals surface area contributed by atoms with Crippen molar-refractivity contribution in [1.82, 2.24) is 4.98 Å². The Morgan fingerprint density at radius 1 is 1.33 bits per heavy atom. The lowest BCUT2D eigenvalue weighted by atomic mass is 9.90. The van der Waals surface area contributed by atoms with Crippen LogP contribution < -0.4 is 0 Å². The highest BCUT2D eigenvalue weighted by Gasteiger charge is 2.19. The summed E-state index contributed by atoms with van der Waals surface area (Å²) in [5.74, 6) is 1.70. The average Bonchev–Trinajstić information content (AvgIpc) is 2.63. The fourth-order valence-corrected chi connectivity index (χ4v) is 3.92. The Balaban J connectivity index is 2.10. The highest BCUT2D eigenvalue weighted by Crippen LogP contribution is 2.35. The molecule has 0 N–H and O–H groups in total. The molecule has 1 heterocycles. The zero-order valence-electron chi connectivity index (χ0n) is 9.33. The lowest BCUT2D eigenvalue weighted by Gasteiger charge is -2.18. The van der Waals surface area contributed by atoms with Crippen molar-refractivity contribution in [2.24, 2.45) is 0 Å². The molecule has 0 bridgehead atoms. The summed E-state index contributed by atoms with van der Waals surface area (Å²) in [4.78, 5) is 6.19. The number of thiazole rings is 1. The molecule has 1 nitrogen and oxygen atoms in total. The molecule has 1 saturated carbocycles. The van der Waals surface area contributed by atoms with Crippen LogP contribution in [0.2, 0.25) is 0 Å². The minimum atomic E-state index is 0.760. The molecule has 0 unspecified atom stereocenters. The van der Waals surface area contributed by atoms with Crippen molar-refractivity contribution < 1.29 is 0 Å². The summed E-state index contributed by atoms with van der Waals surface area (Å²) in [6.45, 7) is 2.14. The monoisotopic (exact) mass is 241 g/mol. The van der Waals surface area contributed by atoms with Crippen molar-refractivity contribution in [3.05, 3.63) is 15.6 Å². The molecule has 1 aliphatic carbocycles. The van der Waals surface area contributed by atoms with Crippen LogP contribution in [0.5, 0.6) is 0 Å². The van der Waals surface area contributed by atoms with Crippen LogP contribution in [0.25, 0.3) is 0 Å². The van der Waals surface area contributed by atoms with Gasteiger partial charge < -0.3 is 0 Å². The summed E-state index contributed by atoms with van der Waals surface area (Å²) in [6, 6.07) is 0. The van der Waals surface area contributed by atoms with E-state index in [0.29, 0.717) is 0 Å². The van der Waals surface area contributed by atoms with Gasteiger partial charge in [-0.2, -0.15) is 12.6 Å². The summed E-state index contributed by atoms with van der Waals surface area (Å²) in [7, 11) is 0. The third kappa shape index (κ3) is 2.76. The van der Waals surface area contributed by atoms with E-state index in [4.69, 9.17) is 4.98 Å². The number of nitrogens with zero attached hydrogens (tertiary/aromatic N) is 1. The smallest absolute Gasteiger partial charge is 0.0961 e. The summed E-state index contributed by atoms with van der Waals surface area (Å²) in [5, 5.41) is 1.39. The van der Waals surface area contributed by atoms with E-state index in [1.807, 2.05) is 11.3 Å². The third-order valence-electron chi connectivity index (χ3n) is 3.20. The molecule has 1 aliphatic rings. The van der Waals surface area contributed by atoms with Crippen LogP contribution in [0.3, 0.4) is 0 Å². The number of hydrogen-bond donors (Lipinski definition) is 1. The van der Waals surface area contributed by atoms with Gasteiger partial charge in [-0.3, -0.25) is 0 Å². The second-order valence-electron chi connectivity index (χ2n) is 4.37. The van der Waals surface area contributed by atoms with Crippen LogP contribution in [0.15, 0.2) is 0 Å². The summed E-state index contributed by atoms with van der Waals surface area (Å²) in [5.41, 5.74) is 1.25. The van der Waals surface area contributed by atoms with Gasteiger partial charge >= 0.3 is 0 Å². The van der Waals surface area contributed by atoms with Crippen molar-refractivity contribution >= 4 is 24.0 Å². The Bertz CT molecular complexity index is 313. The molecule has 0 atom stereocenters. The number of rotatable bonds is 3. The largest absolute Gasteiger partial charge is 0.246 e. The lowest BCUT2D eigenvalue weighted by Crippen LogP contribution is -2.03. The van der Waals surface area contributed by atoms with E-state index < -0.39 is 0 Å². The Kier molecular flexibility index (Phi) is 4.09. The molecule has 2 rings (SSSR count). The van der Waals surface area contributed by atoms with Gasteiger partial charge in [-0.1, -0.05) is 19.3 Å². The molecular formula is C12H19NS2. The topological polar surface area (TPSA) is 12.9 Å². The average molecular weight is 241 g/mol. The number of hydrogen-bond acceptors (Lipinski definition) is 3. The molecule has 15 heavy (non-hydrogen) atoms. The fourth-order valence-electron chi connectivity index (χ4n) is 2.31. The Labute approximate surface area is 102 Å². The summed E-state index contributed by atoms with van der Waals surface area (Å²) >= 11 is 6.23. The van der Waals surface area contributed by atoms with Gasteiger partial charge in [-0.25, -0.2) is 4.98 Å². The molecule has 1 aromatic rings. The second-order valence-corrected chi connectivity index (χ2v) is 5.93. The minimum absolute atomic E-state index is 0.760. The Morgan fingerprint density at radius 2 is 2.07 bits per heavy atom. The number of aryl methyl sites for hydroxylation is 2. The van der Waals surface area contributed by atoms with E-state index in [9.17, 15) is 0 Å². The van der Waals surface area contributed by atoms with Crippen molar-refractivity contribution in [1.29, 1.82) is 0 Å². The first-order chi connectivity index (χ1) is 7.31. The van der Waals surface area contributed by atoms with Gasteiger partial charge in [0.25, 0.3) is 0 Å². The van der Waals surface area contributed by atoms with Gasteiger partial charge in [-0.15, -0.1) is 11.3 Å². The molecule has 0 amide bonds. The van der Waals surface area contributed by atoms with Crippen LogP contribution in [-0.2, 0) is 6.42 Å². The van der Waals surface area contributed by atoms with Gasteiger partial charge in [0.1, 0.15) is 0 Å². The molecule has 84 valence electrons. The standard InChI is InChI=1S/C12H19NS2/c1-9-11(7-8-14)15-12(13-9)10-5-3-2-4-6-10/h10,14H,2-8H2,1H3. The van der Waals surface area contributed by atoms with Crippen LogP contribution in [0.1, 0.15) is 53.6 Å². The second kappa shape index (κ2) is 5.35. The van der Waals surface area contributed by atoms with Crippen LogP contribution in [0, 0.1) is 6.92 Å². The van der Waals surface area contributed by atoms with Crippen molar-refractivity contribution in [3.63, 3.8) is 0 Å². The number of thiol groups is 1. The zero-order valence-corrected chi connectivity index (χ0v) is 11.0. The Hall–Kier alpha value is -0.0200. The van der Waals surface area contributed by atoms with Gasteiger partial charge in [-0.05, 0) is 31.9 Å². The van der Waals surface area contributed by atoms with E-state index in [2.05, 4.69) is 19.6 Å². The minimum Gasteiger partial charge on any atom is -0.246 e. The van der Waals surface area contributed by atoms with Crippen LogP contribution in [0.4, 0.5) is 0 Å². The lowest BCUT2D eigenvalue weighted by molar-refractivity contribution is 0.442. The summed E-state index contributed by atoms with van der Waals surface area (Å²) < 4.78 is 0. The van der Waals surface area contributed by atoms with Gasteiger partial charge in [0, 0.05) is 10.8 Å².